The van der Waals surface area contributed by atoms with Gasteiger partial charge in [0.1, 0.15) is 5.75 Å². The number of non-ortho nitro benzene ring substituents is 1. The molecule has 0 amide bonds. The molecule has 5 heteroatoms. The largest absolute Gasteiger partial charge is 0.494 e. The number of ether oxygens (including phenoxy) is 1. The van der Waals surface area contributed by atoms with Crippen LogP contribution in [0.1, 0.15) is 31.7 Å². The minimum atomic E-state index is -0.356. The van der Waals surface area contributed by atoms with Crippen molar-refractivity contribution >= 4 is 11.4 Å². The van der Waals surface area contributed by atoms with Crippen molar-refractivity contribution < 1.29 is 9.66 Å². The quantitative estimate of drug-likeness (QED) is 0.523. The standard InChI is InChI=1S/C16H20N2O3/c1-9(2)15-12-6-4-5-11(12)13-7-10(18(19)20)8-14(21-3)16(13)17-15/h4-5,7-9,11-12,15,17H,6H2,1-3H3/t11-,12+,15+/m0/s1. The molecule has 1 aliphatic carbocycles. The number of nitrogens with one attached hydrogen (secondary N) is 1. The maximum atomic E-state index is 11.1. The van der Waals surface area contributed by atoms with E-state index in [0.717, 1.165) is 17.7 Å². The summed E-state index contributed by atoms with van der Waals surface area (Å²) in [6.07, 6.45) is 5.39. The van der Waals surface area contributed by atoms with Crippen LogP contribution in [0.2, 0.25) is 0 Å². The van der Waals surface area contributed by atoms with Gasteiger partial charge in [-0.2, -0.15) is 0 Å². The fraction of sp³-hybridized carbons (Fsp3) is 0.500. The number of nitrogens with zero attached hydrogens (tertiary/aromatic N) is 1. The number of anilines is 1. The molecule has 0 saturated heterocycles. The molecule has 21 heavy (non-hydrogen) atoms. The van der Waals surface area contributed by atoms with Gasteiger partial charge in [-0.25, -0.2) is 0 Å². The van der Waals surface area contributed by atoms with Crippen LogP contribution >= 0.6 is 0 Å². The van der Waals surface area contributed by atoms with E-state index in [1.165, 1.54) is 6.07 Å². The predicted octanol–water partition coefficient (Wildman–Crippen LogP) is 3.71. The Morgan fingerprint density at radius 3 is 2.81 bits per heavy atom. The second-order valence-electron chi connectivity index (χ2n) is 6.14. The Balaban J connectivity index is 2.15. The van der Waals surface area contributed by atoms with Gasteiger partial charge in [-0.15, -0.1) is 0 Å². The zero-order chi connectivity index (χ0) is 15.1. The van der Waals surface area contributed by atoms with Crippen molar-refractivity contribution in [2.45, 2.75) is 32.2 Å². The van der Waals surface area contributed by atoms with Gasteiger partial charge in [-0.3, -0.25) is 10.1 Å². The number of nitro groups is 1. The van der Waals surface area contributed by atoms with Gasteiger partial charge >= 0.3 is 0 Å². The van der Waals surface area contributed by atoms with E-state index in [0.29, 0.717) is 23.6 Å². The van der Waals surface area contributed by atoms with Gasteiger partial charge in [0, 0.05) is 18.0 Å². The highest BCUT2D eigenvalue weighted by Crippen LogP contribution is 2.50. The molecule has 1 aliphatic heterocycles. The number of hydrogen-bond donors (Lipinski definition) is 1. The normalized spacial score (nSPS) is 26.2. The summed E-state index contributed by atoms with van der Waals surface area (Å²) in [6, 6.07) is 3.55. The van der Waals surface area contributed by atoms with Gasteiger partial charge in [-0.1, -0.05) is 26.0 Å². The Bertz CT molecular complexity index is 610. The Morgan fingerprint density at radius 1 is 1.43 bits per heavy atom. The van der Waals surface area contributed by atoms with Gasteiger partial charge in [0.25, 0.3) is 5.69 Å². The summed E-state index contributed by atoms with van der Waals surface area (Å²) in [7, 11) is 1.56. The van der Waals surface area contributed by atoms with Gasteiger partial charge in [0.2, 0.25) is 0 Å². The molecule has 2 aliphatic rings. The SMILES string of the molecule is COc1cc([N+](=O)[O-])cc2c1N[C@H](C(C)C)[C@@H]1CC=C[C@H]21. The lowest BCUT2D eigenvalue weighted by atomic mass is 9.75. The number of methoxy groups -OCH3 is 1. The molecule has 5 nitrogen and oxygen atoms in total. The second-order valence-corrected chi connectivity index (χ2v) is 6.14. The molecular weight excluding hydrogens is 268 g/mol. The first-order valence-corrected chi connectivity index (χ1v) is 7.32. The molecule has 0 radical (unpaired) electrons. The lowest BCUT2D eigenvalue weighted by Gasteiger charge is -2.39. The zero-order valence-electron chi connectivity index (χ0n) is 12.5. The van der Waals surface area contributed by atoms with Crippen LogP contribution in [0.4, 0.5) is 11.4 Å². The Kier molecular flexibility index (Phi) is 3.35. The molecule has 1 N–H and O–H groups in total. The van der Waals surface area contributed by atoms with Crippen molar-refractivity contribution in [2.24, 2.45) is 11.8 Å². The number of fused-ring (bicyclic) bond motifs is 3. The third-order valence-electron chi connectivity index (χ3n) is 4.61. The van der Waals surface area contributed by atoms with Crippen LogP contribution in [0.3, 0.4) is 0 Å². The van der Waals surface area contributed by atoms with Crippen LogP contribution in [0.25, 0.3) is 0 Å². The monoisotopic (exact) mass is 288 g/mol. The number of benzene rings is 1. The summed E-state index contributed by atoms with van der Waals surface area (Å²) in [6.45, 7) is 4.41. The lowest BCUT2D eigenvalue weighted by Crippen LogP contribution is -2.39. The van der Waals surface area contributed by atoms with E-state index in [2.05, 4.69) is 31.3 Å². The zero-order valence-corrected chi connectivity index (χ0v) is 12.5. The van der Waals surface area contributed by atoms with E-state index in [9.17, 15) is 10.1 Å². The molecule has 1 aromatic rings. The van der Waals surface area contributed by atoms with Crippen molar-refractivity contribution in [3.63, 3.8) is 0 Å². The van der Waals surface area contributed by atoms with Crippen molar-refractivity contribution in [3.8, 4) is 5.75 Å². The van der Waals surface area contributed by atoms with Crippen molar-refractivity contribution in [2.75, 3.05) is 12.4 Å². The first kappa shape index (κ1) is 13.9. The van der Waals surface area contributed by atoms with Crippen LogP contribution in [0.5, 0.6) is 5.75 Å². The third-order valence-corrected chi connectivity index (χ3v) is 4.61. The van der Waals surface area contributed by atoms with Crippen LogP contribution in [0, 0.1) is 22.0 Å². The summed E-state index contributed by atoms with van der Waals surface area (Å²) >= 11 is 0. The Labute approximate surface area is 124 Å². The van der Waals surface area contributed by atoms with E-state index < -0.39 is 0 Å². The molecule has 3 atom stereocenters. The van der Waals surface area contributed by atoms with E-state index in [4.69, 9.17) is 4.74 Å². The van der Waals surface area contributed by atoms with Crippen LogP contribution in [0.15, 0.2) is 24.3 Å². The molecule has 0 fully saturated rings. The number of rotatable bonds is 3. The van der Waals surface area contributed by atoms with Crippen molar-refractivity contribution in [1.29, 1.82) is 0 Å². The Morgan fingerprint density at radius 2 is 2.19 bits per heavy atom. The van der Waals surface area contributed by atoms with Crippen LogP contribution < -0.4 is 10.1 Å². The maximum absolute atomic E-state index is 11.1. The first-order chi connectivity index (χ1) is 10.0. The van der Waals surface area contributed by atoms with Crippen molar-refractivity contribution in [1.82, 2.24) is 0 Å². The maximum Gasteiger partial charge on any atom is 0.273 e. The predicted molar refractivity (Wildman–Crippen MR) is 81.9 cm³/mol. The summed E-state index contributed by atoms with van der Waals surface area (Å²) in [4.78, 5) is 10.8. The van der Waals surface area contributed by atoms with E-state index in [1.807, 2.05) is 0 Å². The minimum Gasteiger partial charge on any atom is -0.494 e. The van der Waals surface area contributed by atoms with Crippen LogP contribution in [-0.4, -0.2) is 18.1 Å². The van der Waals surface area contributed by atoms with Gasteiger partial charge in [0.05, 0.1) is 23.8 Å². The highest BCUT2D eigenvalue weighted by Gasteiger charge is 2.40. The molecule has 112 valence electrons. The molecule has 0 aromatic heterocycles. The van der Waals surface area contributed by atoms with Gasteiger partial charge < -0.3 is 10.1 Å². The summed E-state index contributed by atoms with van der Waals surface area (Å²) in [5, 5.41) is 14.7. The highest BCUT2D eigenvalue weighted by atomic mass is 16.6. The minimum absolute atomic E-state index is 0.0921. The van der Waals surface area contributed by atoms with Gasteiger partial charge in [0.15, 0.2) is 0 Å². The molecule has 0 saturated carbocycles. The molecule has 1 heterocycles. The molecule has 1 aromatic carbocycles. The fourth-order valence-corrected chi connectivity index (χ4v) is 3.62. The van der Waals surface area contributed by atoms with Crippen molar-refractivity contribution in [3.05, 3.63) is 40.0 Å². The molecular formula is C16H20N2O3. The number of hydrogen-bond acceptors (Lipinski definition) is 4. The fourth-order valence-electron chi connectivity index (χ4n) is 3.62. The highest BCUT2D eigenvalue weighted by molar-refractivity contribution is 5.70. The summed E-state index contributed by atoms with van der Waals surface area (Å²) in [5.41, 5.74) is 1.99. The molecule has 0 spiro atoms. The second kappa shape index (κ2) is 5.06. The molecule has 3 rings (SSSR count). The Hall–Kier alpha value is -2.04. The summed E-state index contributed by atoms with van der Waals surface area (Å²) in [5.74, 6) is 1.75. The third kappa shape index (κ3) is 2.17. The van der Waals surface area contributed by atoms with E-state index in [1.54, 1.807) is 13.2 Å². The average molecular weight is 288 g/mol. The summed E-state index contributed by atoms with van der Waals surface area (Å²) < 4.78 is 5.39. The smallest absolute Gasteiger partial charge is 0.273 e. The number of allylic oxidation sites excluding steroid dienone is 2. The average Bonchev–Trinajstić information content (AvgIpc) is 2.94. The van der Waals surface area contributed by atoms with Gasteiger partial charge in [-0.05, 0) is 23.8 Å². The van der Waals surface area contributed by atoms with E-state index in [-0.39, 0.29) is 16.5 Å². The molecule has 0 unspecified atom stereocenters. The van der Waals surface area contributed by atoms with E-state index >= 15 is 0 Å². The first-order valence-electron chi connectivity index (χ1n) is 7.32. The lowest BCUT2D eigenvalue weighted by molar-refractivity contribution is -0.385. The molecule has 0 bridgehead atoms. The van der Waals surface area contributed by atoms with Crippen LogP contribution in [-0.2, 0) is 0 Å². The number of nitro benzene ring substituents is 1. The topological polar surface area (TPSA) is 64.4 Å².